The minimum Gasteiger partial charge on any atom is -0.495 e. The quantitative estimate of drug-likeness (QED) is 0.659. The van der Waals surface area contributed by atoms with Gasteiger partial charge >= 0.3 is 6.03 Å². The number of para-hydroxylation sites is 1. The van der Waals surface area contributed by atoms with Gasteiger partial charge in [-0.05, 0) is 48.9 Å². The van der Waals surface area contributed by atoms with Gasteiger partial charge in [-0.25, -0.2) is 4.79 Å². The topological polar surface area (TPSA) is 46.5 Å². The Bertz CT molecular complexity index is 999. The fraction of sp³-hybridized carbons (Fsp3) is 0.190. The van der Waals surface area contributed by atoms with Crippen LogP contribution < -0.4 is 10.1 Å². The first kappa shape index (κ1) is 17.5. The number of hydrogen-bond donors (Lipinski definition) is 1. The predicted octanol–water partition coefficient (Wildman–Crippen LogP) is 5.25. The monoisotopic (exact) mass is 381 g/mol. The summed E-state index contributed by atoms with van der Waals surface area (Å²) in [5, 5.41) is 3.49. The number of methoxy groups -OCH3 is 1. The normalized spacial score (nSPS) is 15.5. The second kappa shape index (κ2) is 7.00. The molecule has 1 aliphatic heterocycles. The lowest BCUT2D eigenvalue weighted by Gasteiger charge is -2.28. The number of amides is 2. The fourth-order valence-electron chi connectivity index (χ4n) is 3.53. The Morgan fingerprint density at radius 1 is 1.19 bits per heavy atom. The molecule has 2 heterocycles. The van der Waals surface area contributed by atoms with E-state index in [0.717, 1.165) is 16.9 Å². The number of rotatable bonds is 2. The molecule has 1 aliphatic rings. The summed E-state index contributed by atoms with van der Waals surface area (Å²) in [5.41, 5.74) is 3.80. The fourth-order valence-corrected chi connectivity index (χ4v) is 3.70. The van der Waals surface area contributed by atoms with E-state index in [1.807, 2.05) is 42.3 Å². The molecule has 2 aromatic carbocycles. The van der Waals surface area contributed by atoms with Crippen LogP contribution in [0.15, 0.2) is 60.8 Å². The van der Waals surface area contributed by atoms with Crippen molar-refractivity contribution in [3.05, 3.63) is 77.1 Å². The maximum absolute atomic E-state index is 13.2. The number of fused-ring (bicyclic) bond motifs is 3. The Labute approximate surface area is 163 Å². The van der Waals surface area contributed by atoms with E-state index < -0.39 is 0 Å². The van der Waals surface area contributed by atoms with Gasteiger partial charge in [0.05, 0.1) is 31.1 Å². The highest BCUT2D eigenvalue weighted by molar-refractivity contribution is 6.31. The van der Waals surface area contributed by atoms with Crippen LogP contribution in [0.1, 0.15) is 24.2 Å². The summed E-state index contributed by atoms with van der Waals surface area (Å²) in [5.74, 6) is 0.569. The van der Waals surface area contributed by atoms with Crippen LogP contribution in [0.3, 0.4) is 0 Å². The average Bonchev–Trinajstić information content (AvgIpc) is 3.11. The van der Waals surface area contributed by atoms with Crippen molar-refractivity contribution in [1.82, 2.24) is 9.47 Å². The van der Waals surface area contributed by atoms with Gasteiger partial charge in [0.2, 0.25) is 0 Å². The number of anilines is 1. The third-order valence-electron chi connectivity index (χ3n) is 4.93. The molecule has 4 rings (SSSR count). The van der Waals surface area contributed by atoms with Gasteiger partial charge in [0, 0.05) is 16.9 Å². The number of benzene rings is 2. The first-order chi connectivity index (χ1) is 13.1. The highest BCUT2D eigenvalue weighted by Gasteiger charge is 2.29. The zero-order valence-electron chi connectivity index (χ0n) is 15.1. The number of aromatic nitrogens is 1. The minimum absolute atomic E-state index is 0.0995. The molecule has 0 saturated heterocycles. The number of urea groups is 1. The van der Waals surface area contributed by atoms with Gasteiger partial charge in [-0.15, -0.1) is 0 Å². The van der Waals surface area contributed by atoms with Crippen LogP contribution in [-0.4, -0.2) is 22.6 Å². The molecule has 1 N–H and O–H groups in total. The van der Waals surface area contributed by atoms with E-state index in [1.165, 1.54) is 0 Å². The van der Waals surface area contributed by atoms with Crippen LogP contribution in [0.2, 0.25) is 5.02 Å². The Morgan fingerprint density at radius 3 is 2.81 bits per heavy atom. The van der Waals surface area contributed by atoms with Crippen molar-refractivity contribution < 1.29 is 9.53 Å². The summed E-state index contributed by atoms with van der Waals surface area (Å²) in [6.07, 6.45) is 2.03. The smallest absolute Gasteiger partial charge is 0.322 e. The van der Waals surface area contributed by atoms with Gasteiger partial charge in [0.15, 0.2) is 0 Å². The highest BCUT2D eigenvalue weighted by atomic mass is 35.5. The molecule has 2 amide bonds. The molecule has 0 saturated carbocycles. The summed E-state index contributed by atoms with van der Waals surface area (Å²) < 4.78 is 7.49. The molecule has 0 radical (unpaired) electrons. The van der Waals surface area contributed by atoms with E-state index >= 15 is 0 Å². The molecule has 0 spiro atoms. The summed E-state index contributed by atoms with van der Waals surface area (Å²) in [4.78, 5) is 15.0. The molecule has 1 unspecified atom stereocenters. The zero-order chi connectivity index (χ0) is 19.0. The maximum atomic E-state index is 13.2. The van der Waals surface area contributed by atoms with Crippen LogP contribution in [0.25, 0.3) is 5.69 Å². The van der Waals surface area contributed by atoms with Crippen molar-refractivity contribution in [2.45, 2.75) is 19.5 Å². The molecule has 0 fully saturated rings. The third-order valence-corrected chi connectivity index (χ3v) is 5.17. The zero-order valence-corrected chi connectivity index (χ0v) is 15.9. The number of nitrogens with zero attached hydrogens (tertiary/aromatic N) is 2. The van der Waals surface area contributed by atoms with Gasteiger partial charge in [0.25, 0.3) is 0 Å². The second-order valence-corrected chi connectivity index (χ2v) is 6.95. The lowest BCUT2D eigenvalue weighted by molar-refractivity contribution is 0.189. The van der Waals surface area contributed by atoms with Crippen LogP contribution >= 0.6 is 11.6 Å². The van der Waals surface area contributed by atoms with E-state index in [0.29, 0.717) is 23.0 Å². The van der Waals surface area contributed by atoms with E-state index in [4.69, 9.17) is 16.3 Å². The molecule has 0 aliphatic carbocycles. The molecule has 3 aromatic rings. The molecule has 6 heteroatoms. The first-order valence-corrected chi connectivity index (χ1v) is 9.13. The number of ether oxygens (including phenoxy) is 1. The lowest BCUT2D eigenvalue weighted by Crippen LogP contribution is -2.36. The van der Waals surface area contributed by atoms with E-state index in [-0.39, 0.29) is 12.1 Å². The maximum Gasteiger partial charge on any atom is 0.322 e. The lowest BCUT2D eigenvalue weighted by atomic mass is 10.1. The Balaban J connectivity index is 1.70. The number of halogens is 1. The Hall–Kier alpha value is -2.92. The molecule has 1 atom stereocenters. The molecule has 5 nitrogen and oxygen atoms in total. The van der Waals surface area contributed by atoms with Crippen molar-refractivity contribution in [3.8, 4) is 11.4 Å². The summed E-state index contributed by atoms with van der Waals surface area (Å²) in [7, 11) is 1.57. The van der Waals surface area contributed by atoms with E-state index in [9.17, 15) is 4.79 Å². The van der Waals surface area contributed by atoms with Gasteiger partial charge in [-0.1, -0.05) is 29.8 Å². The van der Waals surface area contributed by atoms with E-state index in [1.54, 1.807) is 25.3 Å². The summed E-state index contributed by atoms with van der Waals surface area (Å²) >= 11 is 6.09. The van der Waals surface area contributed by atoms with Crippen LogP contribution in [0.5, 0.6) is 5.75 Å². The number of carbonyl (C=O) groups is 1. The van der Waals surface area contributed by atoms with Crippen molar-refractivity contribution in [2.24, 2.45) is 0 Å². The second-order valence-electron chi connectivity index (χ2n) is 6.51. The highest BCUT2D eigenvalue weighted by Crippen LogP contribution is 2.33. The minimum atomic E-state index is -0.201. The van der Waals surface area contributed by atoms with Crippen molar-refractivity contribution >= 4 is 23.3 Å². The molecule has 1 aromatic heterocycles. The number of nitrogens with one attached hydrogen (secondary N) is 1. The van der Waals surface area contributed by atoms with Crippen LogP contribution in [-0.2, 0) is 6.54 Å². The standard InChI is InChI=1S/C21H20ClN3O2/c1-14-18-8-5-11-24(18)19-7-4-3-6-15(19)13-25(14)21(26)23-17-12-16(22)9-10-20(17)27-2/h3-12,14H,13H2,1-2H3,(H,23,26). The SMILES string of the molecule is COc1ccc(Cl)cc1NC(=O)N1Cc2ccccc2-n2cccc2C1C. The first-order valence-electron chi connectivity index (χ1n) is 8.75. The van der Waals surface area contributed by atoms with Crippen molar-refractivity contribution in [2.75, 3.05) is 12.4 Å². The molecule has 138 valence electrons. The largest absolute Gasteiger partial charge is 0.495 e. The van der Waals surface area contributed by atoms with Gasteiger partial charge in [-0.3, -0.25) is 0 Å². The van der Waals surface area contributed by atoms with Gasteiger partial charge < -0.3 is 19.5 Å². The van der Waals surface area contributed by atoms with Crippen LogP contribution in [0, 0.1) is 0 Å². The molecule has 27 heavy (non-hydrogen) atoms. The number of carbonyl (C=O) groups excluding carboxylic acids is 1. The van der Waals surface area contributed by atoms with Crippen molar-refractivity contribution in [1.29, 1.82) is 0 Å². The summed E-state index contributed by atoms with van der Waals surface area (Å²) in [6, 6.07) is 17.1. The molecular formula is C21H20ClN3O2. The van der Waals surface area contributed by atoms with Gasteiger partial charge in [0.1, 0.15) is 5.75 Å². The van der Waals surface area contributed by atoms with Crippen molar-refractivity contribution in [3.63, 3.8) is 0 Å². The summed E-state index contributed by atoms with van der Waals surface area (Å²) in [6.45, 7) is 2.54. The predicted molar refractivity (Wildman–Crippen MR) is 107 cm³/mol. The third kappa shape index (κ3) is 3.15. The Kier molecular flexibility index (Phi) is 4.54. The average molecular weight is 382 g/mol. The van der Waals surface area contributed by atoms with Crippen LogP contribution in [0.4, 0.5) is 10.5 Å². The number of hydrogen-bond acceptors (Lipinski definition) is 2. The van der Waals surface area contributed by atoms with Gasteiger partial charge in [-0.2, -0.15) is 0 Å². The molecular weight excluding hydrogens is 362 g/mol. The molecule has 0 bridgehead atoms. The Morgan fingerprint density at radius 2 is 2.00 bits per heavy atom. The van der Waals surface area contributed by atoms with E-state index in [2.05, 4.69) is 22.0 Å².